The van der Waals surface area contributed by atoms with Gasteiger partial charge in [-0.1, -0.05) is 12.1 Å². The van der Waals surface area contributed by atoms with Gasteiger partial charge in [0.1, 0.15) is 0 Å². The molecule has 1 amide bonds. The highest BCUT2D eigenvalue weighted by atomic mass is 16.7. The Morgan fingerprint density at radius 1 is 1.13 bits per heavy atom. The SMILES string of the molecule is CCOC(=O)CC1c2ccc(OC)c(OC)c2C(=O)N1CCc1ccc2c(c1)OCO2. The van der Waals surface area contributed by atoms with Crippen molar-refractivity contribution in [1.82, 2.24) is 4.90 Å². The molecule has 0 aromatic heterocycles. The van der Waals surface area contributed by atoms with Crippen LogP contribution in [-0.2, 0) is 16.0 Å². The number of nitrogens with zero attached hydrogens (tertiary/aromatic N) is 1. The summed E-state index contributed by atoms with van der Waals surface area (Å²) < 4.78 is 26.8. The van der Waals surface area contributed by atoms with Crippen LogP contribution in [0.3, 0.4) is 0 Å². The normalized spacial score (nSPS) is 16.3. The molecule has 2 aromatic carbocycles. The number of carbonyl (C=O) groups excluding carboxylic acids is 2. The zero-order chi connectivity index (χ0) is 22.0. The number of ether oxygens (including phenoxy) is 5. The zero-order valence-electron chi connectivity index (χ0n) is 17.8. The summed E-state index contributed by atoms with van der Waals surface area (Å²) in [4.78, 5) is 27.4. The lowest BCUT2D eigenvalue weighted by Crippen LogP contribution is -2.32. The number of rotatable bonds is 8. The number of esters is 1. The number of hydrogen-bond donors (Lipinski definition) is 0. The number of carbonyl (C=O) groups is 2. The molecule has 0 saturated carbocycles. The van der Waals surface area contributed by atoms with Crippen LogP contribution < -0.4 is 18.9 Å². The van der Waals surface area contributed by atoms with Gasteiger partial charge >= 0.3 is 5.97 Å². The third-order valence-electron chi connectivity index (χ3n) is 5.53. The van der Waals surface area contributed by atoms with E-state index in [0.717, 1.165) is 11.1 Å². The average Bonchev–Trinajstić information content (AvgIpc) is 3.34. The predicted molar refractivity (Wildman–Crippen MR) is 111 cm³/mol. The molecule has 2 heterocycles. The van der Waals surface area contributed by atoms with Gasteiger partial charge in [0.05, 0.1) is 38.9 Å². The van der Waals surface area contributed by atoms with Gasteiger partial charge in [-0.2, -0.15) is 0 Å². The van der Waals surface area contributed by atoms with Crippen molar-refractivity contribution >= 4 is 11.9 Å². The maximum absolute atomic E-state index is 13.4. The Labute approximate surface area is 180 Å². The van der Waals surface area contributed by atoms with Gasteiger partial charge in [-0.3, -0.25) is 9.59 Å². The molecule has 0 fully saturated rings. The van der Waals surface area contributed by atoms with Crippen LogP contribution in [0.4, 0.5) is 0 Å². The van der Waals surface area contributed by atoms with Gasteiger partial charge in [-0.25, -0.2) is 0 Å². The van der Waals surface area contributed by atoms with Crippen LogP contribution in [0, 0.1) is 0 Å². The van der Waals surface area contributed by atoms with Crippen LogP contribution in [-0.4, -0.2) is 50.9 Å². The fourth-order valence-corrected chi connectivity index (χ4v) is 4.09. The van der Waals surface area contributed by atoms with Crippen LogP contribution in [0.5, 0.6) is 23.0 Å². The second-order valence-corrected chi connectivity index (χ2v) is 7.23. The summed E-state index contributed by atoms with van der Waals surface area (Å²) in [6.07, 6.45) is 0.665. The van der Waals surface area contributed by atoms with Crippen LogP contribution in [0.25, 0.3) is 0 Å². The minimum atomic E-state index is -0.435. The van der Waals surface area contributed by atoms with Crippen molar-refractivity contribution < 1.29 is 33.3 Å². The lowest BCUT2D eigenvalue weighted by Gasteiger charge is -2.25. The molecule has 0 N–H and O–H groups in total. The number of amides is 1. The monoisotopic (exact) mass is 427 g/mol. The first kappa shape index (κ1) is 20.8. The Morgan fingerprint density at radius 2 is 1.94 bits per heavy atom. The second kappa shape index (κ2) is 8.75. The molecule has 0 spiro atoms. The summed E-state index contributed by atoms with van der Waals surface area (Å²) in [6, 6.07) is 8.87. The summed E-state index contributed by atoms with van der Waals surface area (Å²) in [5.41, 5.74) is 2.18. The van der Waals surface area contributed by atoms with Crippen molar-refractivity contribution in [2.24, 2.45) is 0 Å². The zero-order valence-corrected chi connectivity index (χ0v) is 17.8. The Bertz CT molecular complexity index is 1000. The molecule has 2 aliphatic rings. The third kappa shape index (κ3) is 3.85. The predicted octanol–water partition coefficient (Wildman–Crippen LogP) is 3.13. The van der Waals surface area contributed by atoms with Gasteiger partial charge in [0.2, 0.25) is 6.79 Å². The van der Waals surface area contributed by atoms with Gasteiger partial charge in [-0.05, 0) is 42.7 Å². The molecule has 1 unspecified atom stereocenters. The summed E-state index contributed by atoms with van der Waals surface area (Å²) in [7, 11) is 3.03. The van der Waals surface area contributed by atoms with E-state index in [4.69, 9.17) is 23.7 Å². The van der Waals surface area contributed by atoms with Crippen molar-refractivity contribution in [2.75, 3.05) is 34.2 Å². The van der Waals surface area contributed by atoms with Crippen LogP contribution >= 0.6 is 0 Å². The minimum Gasteiger partial charge on any atom is -0.493 e. The van der Waals surface area contributed by atoms with E-state index in [2.05, 4.69) is 0 Å². The smallest absolute Gasteiger partial charge is 0.308 e. The molecule has 0 radical (unpaired) electrons. The van der Waals surface area contributed by atoms with Crippen molar-refractivity contribution in [1.29, 1.82) is 0 Å². The highest BCUT2D eigenvalue weighted by molar-refractivity contribution is 6.03. The maximum atomic E-state index is 13.4. The standard InChI is InChI=1S/C23H25NO7/c1-4-29-20(25)12-16-15-6-8-18(27-2)22(28-3)21(15)23(26)24(16)10-9-14-5-7-17-19(11-14)31-13-30-17/h5-8,11,16H,4,9-10,12-13H2,1-3H3. The number of fused-ring (bicyclic) bond motifs is 2. The van der Waals surface area contributed by atoms with Gasteiger partial charge in [-0.15, -0.1) is 0 Å². The van der Waals surface area contributed by atoms with E-state index in [9.17, 15) is 9.59 Å². The summed E-state index contributed by atoms with van der Waals surface area (Å²) >= 11 is 0. The fourth-order valence-electron chi connectivity index (χ4n) is 4.09. The molecule has 164 valence electrons. The first-order valence-electron chi connectivity index (χ1n) is 10.2. The minimum absolute atomic E-state index is 0.0726. The largest absolute Gasteiger partial charge is 0.493 e. The van der Waals surface area contributed by atoms with Crippen LogP contribution in [0.15, 0.2) is 30.3 Å². The summed E-state index contributed by atoms with van der Waals surface area (Å²) in [6.45, 7) is 2.68. The van der Waals surface area contributed by atoms with Crippen molar-refractivity contribution in [3.8, 4) is 23.0 Å². The Morgan fingerprint density at radius 3 is 2.68 bits per heavy atom. The van der Waals surface area contributed by atoms with Crippen molar-refractivity contribution in [3.63, 3.8) is 0 Å². The molecule has 2 aromatic rings. The first-order chi connectivity index (χ1) is 15.1. The highest BCUT2D eigenvalue weighted by Gasteiger charge is 2.41. The number of benzene rings is 2. The maximum Gasteiger partial charge on any atom is 0.308 e. The molecule has 0 saturated heterocycles. The molecule has 0 aliphatic carbocycles. The van der Waals surface area contributed by atoms with Gasteiger partial charge in [0.25, 0.3) is 5.91 Å². The van der Waals surface area contributed by atoms with E-state index in [1.165, 1.54) is 14.2 Å². The number of hydrogen-bond acceptors (Lipinski definition) is 7. The van der Waals surface area contributed by atoms with E-state index in [1.54, 1.807) is 17.9 Å². The summed E-state index contributed by atoms with van der Waals surface area (Å²) in [5, 5.41) is 0. The van der Waals surface area contributed by atoms with Crippen molar-refractivity contribution in [3.05, 3.63) is 47.0 Å². The molecular weight excluding hydrogens is 402 g/mol. The van der Waals surface area contributed by atoms with Crippen molar-refractivity contribution in [2.45, 2.75) is 25.8 Å². The van der Waals surface area contributed by atoms with Crippen LogP contribution in [0.2, 0.25) is 0 Å². The average molecular weight is 427 g/mol. The molecular formula is C23H25NO7. The third-order valence-corrected chi connectivity index (χ3v) is 5.53. The topological polar surface area (TPSA) is 83.5 Å². The van der Waals surface area contributed by atoms with Gasteiger partial charge < -0.3 is 28.6 Å². The Balaban J connectivity index is 1.62. The molecule has 1 atom stereocenters. The highest BCUT2D eigenvalue weighted by Crippen LogP contribution is 2.44. The second-order valence-electron chi connectivity index (χ2n) is 7.23. The van der Waals surface area contributed by atoms with E-state index >= 15 is 0 Å². The lowest BCUT2D eigenvalue weighted by molar-refractivity contribution is -0.144. The van der Waals surface area contributed by atoms with Gasteiger partial charge in [0.15, 0.2) is 23.0 Å². The quantitative estimate of drug-likeness (QED) is 0.599. The molecule has 8 heteroatoms. The molecule has 2 aliphatic heterocycles. The molecule has 31 heavy (non-hydrogen) atoms. The van der Waals surface area contributed by atoms with E-state index in [-0.39, 0.29) is 31.7 Å². The Hall–Kier alpha value is -3.42. The van der Waals surface area contributed by atoms with E-state index in [1.807, 2.05) is 24.3 Å². The van der Waals surface area contributed by atoms with Gasteiger partial charge in [0, 0.05) is 6.54 Å². The number of methoxy groups -OCH3 is 2. The lowest BCUT2D eigenvalue weighted by atomic mass is 10.0. The van der Waals surface area contributed by atoms with Crippen LogP contribution in [0.1, 0.15) is 40.9 Å². The molecule has 4 rings (SSSR count). The van der Waals surface area contributed by atoms with E-state index < -0.39 is 6.04 Å². The molecule has 8 nitrogen and oxygen atoms in total. The van der Waals surface area contributed by atoms with E-state index in [0.29, 0.717) is 41.5 Å². The summed E-state index contributed by atoms with van der Waals surface area (Å²) in [5.74, 6) is 1.72. The first-order valence-corrected chi connectivity index (χ1v) is 10.2. The fraction of sp³-hybridized carbons (Fsp3) is 0.391. The molecule has 0 bridgehead atoms. The Kier molecular flexibility index (Phi) is 5.88.